The maximum Gasteiger partial charge on any atom is 0.241 e. The first-order chi connectivity index (χ1) is 15.9. The van der Waals surface area contributed by atoms with E-state index in [0.29, 0.717) is 42.4 Å². The lowest BCUT2D eigenvalue weighted by Crippen LogP contribution is -2.27. The molecule has 0 atom stereocenters. The molecule has 1 heterocycles. The normalized spacial score (nSPS) is 11.5. The average molecular weight is 492 g/mol. The number of fused-ring (bicyclic) bond motifs is 1. The Hall–Kier alpha value is -2.61. The zero-order chi connectivity index (χ0) is 23.8. The van der Waals surface area contributed by atoms with Crippen molar-refractivity contribution in [3.05, 3.63) is 65.2 Å². The fraction of sp³-hybridized carbons (Fsp3) is 0.333. The van der Waals surface area contributed by atoms with Gasteiger partial charge in [0, 0.05) is 68.7 Å². The number of aromatic nitrogens is 2. The maximum absolute atomic E-state index is 14.3. The number of benzene rings is 2. The highest BCUT2D eigenvalue weighted by atomic mass is 35.5. The molecule has 1 amide bonds. The van der Waals surface area contributed by atoms with E-state index in [-0.39, 0.29) is 5.82 Å². The van der Waals surface area contributed by atoms with Crippen molar-refractivity contribution in [2.75, 3.05) is 36.3 Å². The fourth-order valence-corrected chi connectivity index (χ4v) is 4.05. The van der Waals surface area contributed by atoms with Crippen molar-refractivity contribution in [3.8, 4) is 0 Å². The molecule has 0 radical (unpaired) electrons. The van der Waals surface area contributed by atoms with Crippen LogP contribution < -0.4 is 16.0 Å². The van der Waals surface area contributed by atoms with Gasteiger partial charge in [-0.1, -0.05) is 12.1 Å². The van der Waals surface area contributed by atoms with Crippen LogP contribution in [0.15, 0.2) is 42.5 Å². The third-order valence-corrected chi connectivity index (χ3v) is 5.73. The Kier molecular flexibility index (Phi) is 9.11. The molecule has 0 saturated carbocycles. The number of amides is 1. The summed E-state index contributed by atoms with van der Waals surface area (Å²) in [7, 11) is 2.00. The largest absolute Gasteiger partial charge is 0.369 e. The van der Waals surface area contributed by atoms with Crippen LogP contribution in [0.1, 0.15) is 17.0 Å². The van der Waals surface area contributed by atoms with Gasteiger partial charge in [0.1, 0.15) is 11.6 Å². The predicted octanol–water partition coefficient (Wildman–Crippen LogP) is 3.83. The number of nitrogens with zero attached hydrogens (tertiary/aromatic N) is 3. The van der Waals surface area contributed by atoms with Gasteiger partial charge in [-0.05, 0) is 35.9 Å². The van der Waals surface area contributed by atoms with Gasteiger partial charge in [-0.3, -0.25) is 4.79 Å². The zero-order valence-corrected chi connectivity index (χ0v) is 20.0. The van der Waals surface area contributed by atoms with Crippen molar-refractivity contribution in [1.29, 1.82) is 0 Å². The number of nitrogens with two attached hydrogens (primary N) is 1. The SMILES string of the molecule is Cn1c(CCNCc2ccc(/C=C/C(N)=O)cc2F)nc2cc(N(CCCl)CCCl)ccc21. The smallest absolute Gasteiger partial charge is 0.241 e. The molecule has 0 aliphatic heterocycles. The first-order valence-electron chi connectivity index (χ1n) is 10.7. The van der Waals surface area contributed by atoms with Crippen LogP contribution in [0, 0.1) is 5.82 Å². The van der Waals surface area contributed by atoms with E-state index in [1.54, 1.807) is 12.1 Å². The topological polar surface area (TPSA) is 76.2 Å². The van der Waals surface area contributed by atoms with E-state index < -0.39 is 5.91 Å². The number of primary amides is 1. The zero-order valence-electron chi connectivity index (χ0n) is 18.5. The van der Waals surface area contributed by atoms with Gasteiger partial charge in [-0.2, -0.15) is 0 Å². The summed E-state index contributed by atoms with van der Waals surface area (Å²) in [4.78, 5) is 17.8. The van der Waals surface area contributed by atoms with E-state index in [4.69, 9.17) is 33.9 Å². The van der Waals surface area contributed by atoms with Crippen LogP contribution in [-0.4, -0.2) is 46.9 Å². The molecule has 3 aromatic rings. The summed E-state index contributed by atoms with van der Waals surface area (Å²) in [6.45, 7) is 2.49. The molecule has 3 N–H and O–H groups in total. The minimum absolute atomic E-state index is 0.331. The van der Waals surface area contributed by atoms with Gasteiger partial charge in [0.2, 0.25) is 5.91 Å². The second-order valence-electron chi connectivity index (χ2n) is 7.64. The molecule has 3 rings (SSSR count). The highest BCUT2D eigenvalue weighted by molar-refractivity contribution is 6.18. The monoisotopic (exact) mass is 491 g/mol. The number of nitrogens with one attached hydrogen (secondary N) is 1. The molecule has 33 heavy (non-hydrogen) atoms. The maximum atomic E-state index is 14.3. The Balaban J connectivity index is 1.61. The molecular weight excluding hydrogens is 464 g/mol. The molecule has 0 aliphatic carbocycles. The number of aryl methyl sites for hydroxylation is 1. The van der Waals surface area contributed by atoms with Crippen LogP contribution in [-0.2, 0) is 24.8 Å². The third-order valence-electron chi connectivity index (χ3n) is 5.39. The van der Waals surface area contributed by atoms with E-state index in [0.717, 1.165) is 35.6 Å². The van der Waals surface area contributed by atoms with Crippen molar-refractivity contribution in [1.82, 2.24) is 14.9 Å². The number of hydrogen-bond donors (Lipinski definition) is 2. The number of alkyl halides is 2. The van der Waals surface area contributed by atoms with Gasteiger partial charge in [0.25, 0.3) is 0 Å². The highest BCUT2D eigenvalue weighted by Crippen LogP contribution is 2.23. The first kappa shape index (κ1) is 25.0. The minimum Gasteiger partial charge on any atom is -0.369 e. The van der Waals surface area contributed by atoms with Crippen LogP contribution in [0.4, 0.5) is 10.1 Å². The average Bonchev–Trinajstić information content (AvgIpc) is 3.11. The van der Waals surface area contributed by atoms with Crippen molar-refractivity contribution >= 4 is 51.9 Å². The lowest BCUT2D eigenvalue weighted by molar-refractivity contribution is -0.113. The highest BCUT2D eigenvalue weighted by Gasteiger charge is 2.12. The Morgan fingerprint density at radius 3 is 2.64 bits per heavy atom. The van der Waals surface area contributed by atoms with Crippen molar-refractivity contribution in [2.24, 2.45) is 12.8 Å². The van der Waals surface area contributed by atoms with Gasteiger partial charge in [-0.15, -0.1) is 23.2 Å². The van der Waals surface area contributed by atoms with Crippen LogP contribution >= 0.6 is 23.2 Å². The van der Waals surface area contributed by atoms with Gasteiger partial charge in [0.05, 0.1) is 11.0 Å². The summed E-state index contributed by atoms with van der Waals surface area (Å²) in [5.74, 6) is 1.11. The number of rotatable bonds is 12. The lowest BCUT2D eigenvalue weighted by atomic mass is 10.1. The Labute approximate surface area is 203 Å². The van der Waals surface area contributed by atoms with Crippen LogP contribution in [0.2, 0.25) is 0 Å². The van der Waals surface area contributed by atoms with E-state index in [1.165, 1.54) is 18.2 Å². The molecule has 176 valence electrons. The standard InChI is InChI=1S/C24H28Cl2FN5O/c1-31-22-6-5-19(32(12-9-25)13-10-26)15-21(22)30-24(31)8-11-29-16-18-4-2-17(14-20(18)27)3-7-23(28)33/h2-7,14-15,29H,8-13,16H2,1H3,(H2,28,33)/b7-3+. The molecule has 2 aromatic carbocycles. The lowest BCUT2D eigenvalue weighted by Gasteiger charge is -2.22. The number of imidazole rings is 1. The predicted molar refractivity (Wildman–Crippen MR) is 134 cm³/mol. The molecule has 0 aliphatic rings. The molecule has 0 unspecified atom stereocenters. The quantitative estimate of drug-likeness (QED) is 0.229. The molecule has 0 bridgehead atoms. The van der Waals surface area contributed by atoms with Crippen molar-refractivity contribution in [2.45, 2.75) is 13.0 Å². The van der Waals surface area contributed by atoms with Gasteiger partial charge in [0.15, 0.2) is 0 Å². The number of carbonyl (C=O) groups excluding carboxylic acids is 1. The summed E-state index contributed by atoms with van der Waals surface area (Å²) in [5.41, 5.74) is 9.24. The molecular formula is C24H28Cl2FN5O. The van der Waals surface area contributed by atoms with E-state index in [9.17, 15) is 9.18 Å². The molecule has 6 nitrogen and oxygen atoms in total. The van der Waals surface area contributed by atoms with E-state index in [2.05, 4.69) is 33.0 Å². The summed E-state index contributed by atoms with van der Waals surface area (Å²) >= 11 is 11.9. The summed E-state index contributed by atoms with van der Waals surface area (Å²) in [5, 5.41) is 3.27. The molecule has 0 saturated heterocycles. The molecule has 1 aromatic heterocycles. The van der Waals surface area contributed by atoms with E-state index >= 15 is 0 Å². The van der Waals surface area contributed by atoms with Crippen molar-refractivity contribution in [3.63, 3.8) is 0 Å². The number of anilines is 1. The third kappa shape index (κ3) is 6.69. The minimum atomic E-state index is -0.567. The van der Waals surface area contributed by atoms with Gasteiger partial charge in [-0.25, -0.2) is 9.37 Å². The second-order valence-corrected chi connectivity index (χ2v) is 8.39. The number of halogens is 3. The first-order valence-corrected chi connectivity index (χ1v) is 11.8. The van der Waals surface area contributed by atoms with Gasteiger partial charge >= 0.3 is 0 Å². The summed E-state index contributed by atoms with van der Waals surface area (Å²) in [6, 6.07) is 11.0. The number of carbonyl (C=O) groups is 1. The fourth-order valence-electron chi connectivity index (χ4n) is 3.64. The number of hydrogen-bond acceptors (Lipinski definition) is 4. The van der Waals surface area contributed by atoms with Crippen molar-refractivity contribution < 1.29 is 9.18 Å². The Morgan fingerprint density at radius 2 is 1.97 bits per heavy atom. The summed E-state index contributed by atoms with van der Waals surface area (Å²) < 4.78 is 16.4. The van der Waals surface area contributed by atoms with Gasteiger partial charge < -0.3 is 20.5 Å². The molecule has 9 heteroatoms. The van der Waals surface area contributed by atoms with Crippen LogP contribution in [0.3, 0.4) is 0 Å². The van der Waals surface area contributed by atoms with Crippen LogP contribution in [0.25, 0.3) is 17.1 Å². The molecule has 0 spiro atoms. The van der Waals surface area contributed by atoms with E-state index in [1.807, 2.05) is 7.05 Å². The van der Waals surface area contributed by atoms with Crippen LogP contribution in [0.5, 0.6) is 0 Å². The second kappa shape index (κ2) is 12.0. The Morgan fingerprint density at radius 1 is 1.21 bits per heavy atom. The molecule has 0 fully saturated rings. The Bertz CT molecular complexity index is 1130. The summed E-state index contributed by atoms with van der Waals surface area (Å²) in [6.07, 6.45) is 3.40.